The van der Waals surface area contributed by atoms with Gasteiger partial charge in [-0.25, -0.2) is 4.90 Å². The van der Waals surface area contributed by atoms with Gasteiger partial charge in [-0.1, -0.05) is 0 Å². The average molecular weight is 516 g/mol. The summed E-state index contributed by atoms with van der Waals surface area (Å²) in [4.78, 5) is 2.37. The molecule has 0 radical (unpaired) electrons. The largest absolute Gasteiger partial charge is 0.359 e. The Morgan fingerprint density at radius 3 is 2.31 bits per heavy atom. The fourth-order valence-electron chi connectivity index (χ4n) is 7.31. The molecule has 7 aliphatic heterocycles. The van der Waals surface area contributed by atoms with Crippen molar-refractivity contribution in [1.29, 1.82) is 0 Å². The van der Waals surface area contributed by atoms with Gasteiger partial charge in [0.15, 0.2) is 18.4 Å². The molecule has 7 saturated heterocycles. The molecular weight excluding hydrogens is 478 g/mol. The Labute approximate surface area is 210 Å². The lowest BCUT2D eigenvalue weighted by Gasteiger charge is -2.49. The van der Waals surface area contributed by atoms with Crippen LogP contribution in [0.1, 0.15) is 33.1 Å². The number of nitrogens with zero attached hydrogens (tertiary/aromatic N) is 1. The second kappa shape index (κ2) is 9.32. The summed E-state index contributed by atoms with van der Waals surface area (Å²) in [5, 5.41) is 0. The van der Waals surface area contributed by atoms with Gasteiger partial charge in [0.25, 0.3) is 0 Å². The van der Waals surface area contributed by atoms with Crippen LogP contribution in [0.15, 0.2) is 0 Å². The van der Waals surface area contributed by atoms with Gasteiger partial charge in [0.2, 0.25) is 0 Å². The Morgan fingerprint density at radius 2 is 1.53 bits per heavy atom. The molecule has 12 nitrogen and oxygen atoms in total. The first-order chi connectivity index (χ1) is 17.5. The molecular formula is C24H37NO11. The Kier molecular flexibility index (Phi) is 6.35. The number of piperidine rings is 1. The zero-order valence-electron chi connectivity index (χ0n) is 21.2. The SMILES string of the molecule is COCOC[C@H]1O[C@H]2O[C@@H]1[C@H]([C@@H]1O[C@H]3CCC[C@@H]4O[C@@H]5[C@H]6OC(C)(C)O[C@H]6O[C@@H]5[C@H]1N43)[C@H]2OCOC. The molecule has 13 atom stereocenters. The molecule has 36 heavy (non-hydrogen) atoms. The fourth-order valence-corrected chi connectivity index (χ4v) is 7.31. The minimum atomic E-state index is -0.703. The van der Waals surface area contributed by atoms with Gasteiger partial charge in [0, 0.05) is 20.1 Å². The van der Waals surface area contributed by atoms with Crippen LogP contribution < -0.4 is 0 Å². The van der Waals surface area contributed by atoms with Gasteiger partial charge in [0.1, 0.15) is 56.6 Å². The van der Waals surface area contributed by atoms with Gasteiger partial charge in [0.05, 0.1) is 24.9 Å². The molecule has 7 aliphatic rings. The molecule has 7 heterocycles. The quantitative estimate of drug-likeness (QED) is 0.332. The van der Waals surface area contributed by atoms with E-state index in [4.69, 9.17) is 52.1 Å². The van der Waals surface area contributed by atoms with Crippen molar-refractivity contribution in [3.05, 3.63) is 0 Å². The highest BCUT2D eigenvalue weighted by Crippen LogP contribution is 2.53. The molecule has 7 fully saturated rings. The number of fused-ring (bicyclic) bond motifs is 6. The molecule has 12 heteroatoms. The summed E-state index contributed by atoms with van der Waals surface area (Å²) in [5.41, 5.74) is 0. The molecule has 7 rings (SSSR count). The van der Waals surface area contributed by atoms with Gasteiger partial charge in [-0.15, -0.1) is 0 Å². The first kappa shape index (κ1) is 24.6. The maximum atomic E-state index is 6.83. The van der Waals surface area contributed by atoms with Gasteiger partial charge in [-0.3, -0.25) is 0 Å². The van der Waals surface area contributed by atoms with E-state index in [1.807, 2.05) is 13.8 Å². The van der Waals surface area contributed by atoms with E-state index in [-0.39, 0.29) is 80.7 Å². The molecule has 0 N–H and O–H groups in total. The third kappa shape index (κ3) is 3.81. The van der Waals surface area contributed by atoms with Crippen molar-refractivity contribution >= 4 is 0 Å². The lowest BCUT2D eigenvalue weighted by molar-refractivity contribution is -0.270. The van der Waals surface area contributed by atoms with Crippen LogP contribution in [0.25, 0.3) is 0 Å². The number of rotatable bonds is 8. The van der Waals surface area contributed by atoms with E-state index in [1.54, 1.807) is 14.2 Å². The van der Waals surface area contributed by atoms with Crippen LogP contribution in [0, 0.1) is 5.92 Å². The first-order valence-corrected chi connectivity index (χ1v) is 13.1. The van der Waals surface area contributed by atoms with E-state index in [9.17, 15) is 0 Å². The van der Waals surface area contributed by atoms with Gasteiger partial charge >= 0.3 is 0 Å². The summed E-state index contributed by atoms with van der Waals surface area (Å²) in [7, 11) is 3.21. The molecule has 0 aliphatic carbocycles. The van der Waals surface area contributed by atoms with Crippen molar-refractivity contribution in [2.75, 3.05) is 34.4 Å². The maximum absolute atomic E-state index is 6.83. The van der Waals surface area contributed by atoms with Crippen LogP contribution in [-0.2, 0) is 52.1 Å². The van der Waals surface area contributed by atoms with Crippen LogP contribution in [-0.4, -0.2) is 119 Å². The predicted molar refractivity (Wildman–Crippen MR) is 117 cm³/mol. The second-order valence-corrected chi connectivity index (χ2v) is 11.1. The van der Waals surface area contributed by atoms with Gasteiger partial charge < -0.3 is 52.1 Å². The first-order valence-electron chi connectivity index (χ1n) is 13.1. The van der Waals surface area contributed by atoms with E-state index in [0.717, 1.165) is 19.3 Å². The molecule has 0 unspecified atom stereocenters. The monoisotopic (exact) mass is 515 g/mol. The van der Waals surface area contributed by atoms with Crippen molar-refractivity contribution in [3.63, 3.8) is 0 Å². The smallest absolute Gasteiger partial charge is 0.190 e. The van der Waals surface area contributed by atoms with Crippen LogP contribution in [0.5, 0.6) is 0 Å². The molecule has 0 spiro atoms. The second-order valence-electron chi connectivity index (χ2n) is 11.1. The van der Waals surface area contributed by atoms with Gasteiger partial charge in [-0.05, 0) is 33.1 Å². The van der Waals surface area contributed by atoms with Crippen LogP contribution >= 0.6 is 0 Å². The van der Waals surface area contributed by atoms with Crippen molar-refractivity contribution in [2.45, 2.75) is 113 Å². The molecule has 0 saturated carbocycles. The van der Waals surface area contributed by atoms with E-state index < -0.39 is 18.4 Å². The molecule has 0 aromatic heterocycles. The maximum Gasteiger partial charge on any atom is 0.190 e. The van der Waals surface area contributed by atoms with E-state index in [1.165, 1.54) is 0 Å². The Hall–Kier alpha value is -0.480. The van der Waals surface area contributed by atoms with Crippen LogP contribution in [0.2, 0.25) is 0 Å². The lowest BCUT2D eigenvalue weighted by atomic mass is 9.80. The topological polar surface area (TPSA) is 105 Å². The molecule has 0 aromatic carbocycles. The lowest BCUT2D eigenvalue weighted by Crippen LogP contribution is -2.65. The summed E-state index contributed by atoms with van der Waals surface area (Å²) >= 11 is 0. The summed E-state index contributed by atoms with van der Waals surface area (Å²) in [6.45, 7) is 4.52. The van der Waals surface area contributed by atoms with Crippen molar-refractivity contribution < 1.29 is 52.1 Å². The highest BCUT2D eigenvalue weighted by Gasteiger charge is 2.70. The van der Waals surface area contributed by atoms with E-state index >= 15 is 0 Å². The van der Waals surface area contributed by atoms with Crippen molar-refractivity contribution in [2.24, 2.45) is 5.92 Å². The molecule has 0 amide bonds. The zero-order valence-corrected chi connectivity index (χ0v) is 21.2. The van der Waals surface area contributed by atoms with Crippen molar-refractivity contribution in [3.8, 4) is 0 Å². The minimum absolute atomic E-state index is 0.0478. The van der Waals surface area contributed by atoms with Gasteiger partial charge in [-0.2, -0.15) is 0 Å². The van der Waals surface area contributed by atoms with E-state index in [2.05, 4.69) is 4.90 Å². The number of hydrogen-bond donors (Lipinski definition) is 0. The average Bonchev–Trinajstić information content (AvgIpc) is 3.63. The number of ether oxygens (including phenoxy) is 11. The molecule has 2 bridgehead atoms. The standard InChI is InChI=1S/C24H37NO11/c1-24(2)35-21-20-19(34-23(21)36-24)15-17(31-12-6-5-7-13(32-20)25(12)15)14-16-11(8-28-9-26-3)30-22(33-16)18(14)29-10-27-4/h11-23H,5-10H2,1-4H3/t11-,12+,13+,14-,15+,16+,17+,18-,19-,20+,21-,22+,23-/m1/s1. The van der Waals surface area contributed by atoms with Crippen LogP contribution in [0.3, 0.4) is 0 Å². The zero-order chi connectivity index (χ0) is 24.6. The summed E-state index contributed by atoms with van der Waals surface area (Å²) in [5.74, 6) is -0.807. The highest BCUT2D eigenvalue weighted by atomic mass is 16.8. The predicted octanol–water partition coefficient (Wildman–Crippen LogP) is 0.517. The van der Waals surface area contributed by atoms with Crippen molar-refractivity contribution in [1.82, 2.24) is 4.90 Å². The summed E-state index contributed by atoms with van der Waals surface area (Å²) in [6.07, 6.45) is 0.0100. The Bertz CT molecular complexity index is 817. The third-order valence-electron chi connectivity index (χ3n) is 8.47. The minimum Gasteiger partial charge on any atom is -0.359 e. The highest BCUT2D eigenvalue weighted by molar-refractivity contribution is 5.14. The van der Waals surface area contributed by atoms with E-state index in [0.29, 0.717) is 6.61 Å². The molecule has 0 aromatic rings. The summed E-state index contributed by atoms with van der Waals surface area (Å²) < 4.78 is 66.8. The third-order valence-corrected chi connectivity index (χ3v) is 8.47. The molecule has 204 valence electrons. The fraction of sp³-hybridized carbons (Fsp3) is 1.00. The normalized spacial score (nSPS) is 52.5. The number of hydrogen-bond acceptors (Lipinski definition) is 12. The summed E-state index contributed by atoms with van der Waals surface area (Å²) in [6, 6.07) is -0.0536. The Morgan fingerprint density at radius 1 is 0.778 bits per heavy atom. The van der Waals surface area contributed by atoms with Crippen LogP contribution in [0.4, 0.5) is 0 Å². The number of methoxy groups -OCH3 is 2. The Balaban J connectivity index is 1.19.